The Kier molecular flexibility index (Phi) is 4.85. The van der Waals surface area contributed by atoms with Crippen LogP contribution in [0.5, 0.6) is 0 Å². The Hall–Kier alpha value is -2.48. The molecule has 2 amide bonds. The van der Waals surface area contributed by atoms with Gasteiger partial charge >= 0.3 is 0 Å². The fourth-order valence-corrected chi connectivity index (χ4v) is 4.48. The Morgan fingerprint density at radius 3 is 2.69 bits per heavy atom. The van der Waals surface area contributed by atoms with Gasteiger partial charge in [0.2, 0.25) is 5.91 Å². The number of halogens is 3. The van der Waals surface area contributed by atoms with Gasteiger partial charge in [-0.2, -0.15) is 5.10 Å². The zero-order valence-corrected chi connectivity index (χ0v) is 16.7. The maximum absolute atomic E-state index is 13.7. The Labute approximate surface area is 171 Å². The van der Waals surface area contributed by atoms with Crippen molar-refractivity contribution in [3.05, 3.63) is 40.3 Å². The number of benzene rings is 1. The summed E-state index contributed by atoms with van der Waals surface area (Å²) < 4.78 is 28.8. The van der Waals surface area contributed by atoms with Crippen molar-refractivity contribution in [2.45, 2.75) is 44.9 Å². The number of rotatable bonds is 4. The third-order valence-corrected chi connectivity index (χ3v) is 5.95. The average Bonchev–Trinajstić information content (AvgIpc) is 3.01. The molecule has 1 aromatic carbocycles. The minimum atomic E-state index is -1.17. The smallest absolute Gasteiger partial charge is 0.252 e. The molecule has 1 aliphatic heterocycles. The minimum Gasteiger partial charge on any atom is -0.365 e. The first-order valence-electron chi connectivity index (χ1n) is 9.46. The van der Waals surface area contributed by atoms with Crippen LogP contribution in [-0.4, -0.2) is 38.7 Å². The van der Waals surface area contributed by atoms with Gasteiger partial charge in [0.05, 0.1) is 29.4 Å². The van der Waals surface area contributed by atoms with Crippen LogP contribution in [0.15, 0.2) is 18.2 Å². The van der Waals surface area contributed by atoms with Gasteiger partial charge in [-0.15, -0.1) is 0 Å². The van der Waals surface area contributed by atoms with Gasteiger partial charge in [-0.05, 0) is 43.9 Å². The summed E-state index contributed by atoms with van der Waals surface area (Å²) in [5.41, 5.74) is 5.96. The Balaban J connectivity index is 1.59. The number of fused-ring (bicyclic) bond motifs is 1. The van der Waals surface area contributed by atoms with E-state index in [9.17, 15) is 18.4 Å². The van der Waals surface area contributed by atoms with Crippen molar-refractivity contribution in [2.24, 2.45) is 11.7 Å². The maximum Gasteiger partial charge on any atom is 0.252 e. The van der Waals surface area contributed by atoms with Crippen LogP contribution in [0.25, 0.3) is 11.3 Å². The van der Waals surface area contributed by atoms with E-state index in [1.165, 1.54) is 18.2 Å². The molecular formula is C20H21ClF2N4O2. The van der Waals surface area contributed by atoms with Crippen LogP contribution in [0.2, 0.25) is 5.02 Å². The van der Waals surface area contributed by atoms with Gasteiger partial charge in [-0.1, -0.05) is 11.6 Å². The van der Waals surface area contributed by atoms with Gasteiger partial charge in [0.1, 0.15) is 17.2 Å². The Bertz CT molecular complexity index is 997. The standard InChI is InChI=1S/C20H21ClF2N4O2/c1-20(23)8-11(9-20)6-16(28)26-4-5-27-15(10-26)17(19(24)29)18(25-27)12-2-3-14(22)13(21)7-12/h2-3,7,11H,4-6,8-10H2,1H3,(H2,24,29). The predicted molar refractivity (Wildman–Crippen MR) is 103 cm³/mol. The first kappa shape index (κ1) is 19.8. The van der Waals surface area contributed by atoms with Crippen LogP contribution in [0.3, 0.4) is 0 Å². The fraction of sp³-hybridized carbons (Fsp3) is 0.450. The number of nitrogens with two attached hydrogens (primary N) is 1. The molecule has 0 radical (unpaired) electrons. The number of nitrogens with zero attached hydrogens (tertiary/aromatic N) is 3. The molecule has 2 N–H and O–H groups in total. The first-order valence-corrected chi connectivity index (χ1v) is 9.84. The van der Waals surface area contributed by atoms with E-state index in [1.807, 2.05) is 0 Å². The van der Waals surface area contributed by atoms with Crippen LogP contribution in [0.1, 0.15) is 42.2 Å². The van der Waals surface area contributed by atoms with E-state index in [0.717, 1.165) is 0 Å². The number of hydrogen-bond acceptors (Lipinski definition) is 3. The fourth-order valence-electron chi connectivity index (χ4n) is 4.30. The quantitative estimate of drug-likeness (QED) is 0.820. The number of aromatic nitrogens is 2. The van der Waals surface area contributed by atoms with Gasteiger partial charge in [-0.25, -0.2) is 8.78 Å². The van der Waals surface area contributed by atoms with Crippen molar-refractivity contribution in [3.63, 3.8) is 0 Å². The van der Waals surface area contributed by atoms with Crippen LogP contribution < -0.4 is 5.73 Å². The summed E-state index contributed by atoms with van der Waals surface area (Å²) in [6.45, 7) is 2.59. The van der Waals surface area contributed by atoms with Crippen molar-refractivity contribution >= 4 is 23.4 Å². The molecule has 1 fully saturated rings. The number of carbonyl (C=O) groups excluding carboxylic acids is 2. The monoisotopic (exact) mass is 422 g/mol. The van der Waals surface area contributed by atoms with E-state index in [-0.39, 0.29) is 29.0 Å². The molecule has 154 valence electrons. The summed E-state index contributed by atoms with van der Waals surface area (Å²) in [6.07, 6.45) is 1.08. The lowest BCUT2D eigenvalue weighted by atomic mass is 9.72. The van der Waals surface area contributed by atoms with E-state index in [2.05, 4.69) is 5.10 Å². The normalized spacial score (nSPS) is 23.4. The second-order valence-corrected chi connectivity index (χ2v) is 8.50. The largest absolute Gasteiger partial charge is 0.365 e. The van der Waals surface area contributed by atoms with Crippen LogP contribution in [0.4, 0.5) is 8.78 Å². The van der Waals surface area contributed by atoms with E-state index in [1.54, 1.807) is 16.5 Å². The molecule has 0 atom stereocenters. The molecular weight excluding hydrogens is 402 g/mol. The summed E-state index contributed by atoms with van der Waals surface area (Å²) in [6, 6.07) is 4.08. The molecule has 0 saturated heterocycles. The van der Waals surface area contributed by atoms with Gasteiger partial charge in [0.15, 0.2) is 0 Å². The van der Waals surface area contributed by atoms with Crippen molar-refractivity contribution in [3.8, 4) is 11.3 Å². The van der Waals surface area contributed by atoms with E-state index >= 15 is 0 Å². The molecule has 1 aliphatic carbocycles. The highest BCUT2D eigenvalue weighted by atomic mass is 35.5. The Morgan fingerprint density at radius 2 is 2.07 bits per heavy atom. The van der Waals surface area contributed by atoms with Gasteiger partial charge in [0.25, 0.3) is 5.91 Å². The second kappa shape index (κ2) is 7.09. The molecule has 2 aromatic rings. The highest BCUT2D eigenvalue weighted by Gasteiger charge is 2.42. The number of primary amides is 1. The first-order chi connectivity index (χ1) is 13.6. The summed E-state index contributed by atoms with van der Waals surface area (Å²) in [4.78, 5) is 26.5. The van der Waals surface area contributed by atoms with Crippen LogP contribution >= 0.6 is 11.6 Å². The lowest BCUT2D eigenvalue weighted by molar-refractivity contribution is -0.135. The average molecular weight is 423 g/mol. The molecule has 6 nitrogen and oxygen atoms in total. The van der Waals surface area contributed by atoms with Crippen molar-refractivity contribution in [1.29, 1.82) is 0 Å². The number of alkyl halides is 1. The van der Waals surface area contributed by atoms with Gasteiger partial charge < -0.3 is 10.6 Å². The zero-order chi connectivity index (χ0) is 20.9. The maximum atomic E-state index is 13.7. The minimum absolute atomic E-state index is 0.0527. The summed E-state index contributed by atoms with van der Waals surface area (Å²) in [5.74, 6) is -1.27. The van der Waals surface area contributed by atoms with Crippen molar-refractivity contribution in [2.75, 3.05) is 6.54 Å². The number of hydrogen-bond donors (Lipinski definition) is 1. The molecule has 0 bridgehead atoms. The van der Waals surface area contributed by atoms with Crippen molar-refractivity contribution in [1.82, 2.24) is 14.7 Å². The molecule has 2 heterocycles. The summed E-state index contributed by atoms with van der Waals surface area (Å²) in [5, 5.41) is 4.38. The lowest BCUT2D eigenvalue weighted by Gasteiger charge is -2.39. The molecule has 2 aliphatic rings. The molecule has 1 aromatic heterocycles. The van der Waals surface area contributed by atoms with E-state index < -0.39 is 17.4 Å². The molecule has 1 saturated carbocycles. The van der Waals surface area contributed by atoms with Gasteiger partial charge in [0, 0.05) is 18.5 Å². The molecule has 0 spiro atoms. The number of carbonyl (C=O) groups is 2. The second-order valence-electron chi connectivity index (χ2n) is 8.09. The summed E-state index contributed by atoms with van der Waals surface area (Å²) in [7, 11) is 0. The molecule has 9 heteroatoms. The van der Waals surface area contributed by atoms with Crippen molar-refractivity contribution < 1.29 is 18.4 Å². The zero-order valence-electron chi connectivity index (χ0n) is 15.9. The molecule has 4 rings (SSSR count). The third kappa shape index (κ3) is 3.73. The topological polar surface area (TPSA) is 81.2 Å². The summed E-state index contributed by atoms with van der Waals surface area (Å²) >= 11 is 5.87. The van der Waals surface area contributed by atoms with E-state index in [4.69, 9.17) is 17.3 Å². The molecule has 29 heavy (non-hydrogen) atoms. The SMILES string of the molecule is CC1(F)CC(CC(=O)N2CCn3nc(-c4ccc(F)c(Cl)c4)c(C(N)=O)c3C2)C1. The van der Waals surface area contributed by atoms with Gasteiger partial charge in [-0.3, -0.25) is 14.3 Å². The predicted octanol–water partition coefficient (Wildman–Crippen LogP) is 3.31. The highest BCUT2D eigenvalue weighted by molar-refractivity contribution is 6.31. The van der Waals surface area contributed by atoms with E-state index in [0.29, 0.717) is 49.3 Å². The van der Waals surface area contributed by atoms with Crippen LogP contribution in [0, 0.1) is 11.7 Å². The Morgan fingerprint density at radius 1 is 1.34 bits per heavy atom. The number of amides is 2. The highest BCUT2D eigenvalue weighted by Crippen LogP contribution is 2.43. The third-order valence-electron chi connectivity index (χ3n) is 5.66. The molecule has 0 unspecified atom stereocenters. The van der Waals surface area contributed by atoms with Crippen LogP contribution in [-0.2, 0) is 17.9 Å². The lowest BCUT2D eigenvalue weighted by Crippen LogP contribution is -2.43.